The van der Waals surface area contributed by atoms with Gasteiger partial charge in [-0.3, -0.25) is 4.79 Å². The zero-order valence-electron chi connectivity index (χ0n) is 15.0. The van der Waals surface area contributed by atoms with Crippen LogP contribution in [-0.2, 0) is 4.79 Å². The molecular weight excluding hydrogens is 356 g/mol. The fraction of sp³-hybridized carbons (Fsp3) is 0.412. The number of benzene rings is 1. The molecule has 138 valence electrons. The molecular formula is C17H21ClN6O2. The Labute approximate surface area is 157 Å². The molecule has 1 saturated heterocycles. The summed E-state index contributed by atoms with van der Waals surface area (Å²) in [4.78, 5) is 19.8. The second-order valence-electron chi connectivity index (χ2n) is 6.06. The fourth-order valence-electron chi connectivity index (χ4n) is 2.78. The van der Waals surface area contributed by atoms with Crippen molar-refractivity contribution in [1.82, 2.24) is 20.1 Å². The average molecular weight is 377 g/mol. The molecule has 0 radical (unpaired) electrons. The van der Waals surface area contributed by atoms with Gasteiger partial charge in [0.25, 0.3) is 0 Å². The molecule has 0 atom stereocenters. The predicted molar refractivity (Wildman–Crippen MR) is 100 cm³/mol. The first-order valence-corrected chi connectivity index (χ1v) is 8.67. The van der Waals surface area contributed by atoms with Gasteiger partial charge in [0.2, 0.25) is 11.9 Å². The van der Waals surface area contributed by atoms with E-state index in [4.69, 9.17) is 16.3 Å². The minimum absolute atomic E-state index is 0.0873. The topological polar surface area (TPSA) is 83.5 Å². The van der Waals surface area contributed by atoms with E-state index in [0.29, 0.717) is 48.7 Å². The Morgan fingerprint density at radius 1 is 1.27 bits per heavy atom. The van der Waals surface area contributed by atoms with E-state index < -0.39 is 0 Å². The van der Waals surface area contributed by atoms with Crippen LogP contribution < -0.4 is 15.0 Å². The molecule has 2 heterocycles. The third kappa shape index (κ3) is 3.96. The average Bonchev–Trinajstić information content (AvgIpc) is 2.65. The summed E-state index contributed by atoms with van der Waals surface area (Å²) in [5.41, 5.74) is 1.68. The van der Waals surface area contributed by atoms with Gasteiger partial charge in [-0.15, -0.1) is 5.10 Å². The summed E-state index contributed by atoms with van der Waals surface area (Å²) in [5.74, 6) is 1.80. The molecule has 1 aromatic carbocycles. The van der Waals surface area contributed by atoms with Crippen molar-refractivity contribution in [3.63, 3.8) is 0 Å². The summed E-state index contributed by atoms with van der Waals surface area (Å²) in [6, 6.07) is 3.66. The van der Waals surface area contributed by atoms with Crippen LogP contribution in [0.25, 0.3) is 0 Å². The largest absolute Gasteiger partial charge is 0.495 e. The zero-order valence-corrected chi connectivity index (χ0v) is 15.7. The molecule has 26 heavy (non-hydrogen) atoms. The number of aryl methyl sites for hydroxylation is 1. The number of ether oxygens (including phenoxy) is 1. The highest BCUT2D eigenvalue weighted by atomic mass is 35.5. The van der Waals surface area contributed by atoms with Crippen LogP contribution in [-0.4, -0.2) is 59.3 Å². The maximum atomic E-state index is 11.4. The zero-order chi connectivity index (χ0) is 18.7. The first kappa shape index (κ1) is 18.2. The standard InChI is InChI=1S/C17H21ClN6O2/c1-11-8-14(15(26-3)9-13(11)18)20-16-10-19-22-17(21-16)24-6-4-23(5-7-24)12(2)25/h8-10H,4-7H2,1-3H3,(H,20,21,22). The molecule has 0 saturated carbocycles. The molecule has 1 aromatic heterocycles. The first-order chi connectivity index (χ1) is 12.5. The van der Waals surface area contributed by atoms with E-state index in [-0.39, 0.29) is 5.91 Å². The second-order valence-corrected chi connectivity index (χ2v) is 6.47. The van der Waals surface area contributed by atoms with Crippen LogP contribution in [0.3, 0.4) is 0 Å². The number of hydrogen-bond acceptors (Lipinski definition) is 7. The molecule has 0 spiro atoms. The van der Waals surface area contributed by atoms with Crippen molar-refractivity contribution >= 4 is 35.0 Å². The van der Waals surface area contributed by atoms with Crippen LogP contribution in [0.5, 0.6) is 5.75 Å². The van der Waals surface area contributed by atoms with Gasteiger partial charge in [0.15, 0.2) is 5.82 Å². The van der Waals surface area contributed by atoms with Gasteiger partial charge < -0.3 is 19.9 Å². The molecule has 0 aliphatic carbocycles. The number of aromatic nitrogens is 3. The van der Waals surface area contributed by atoms with Crippen molar-refractivity contribution in [2.75, 3.05) is 43.5 Å². The van der Waals surface area contributed by atoms with Gasteiger partial charge in [0.05, 0.1) is 19.0 Å². The van der Waals surface area contributed by atoms with Gasteiger partial charge in [0, 0.05) is 44.2 Å². The van der Waals surface area contributed by atoms with E-state index in [1.807, 2.05) is 22.8 Å². The minimum Gasteiger partial charge on any atom is -0.495 e. The Kier molecular flexibility index (Phi) is 5.41. The van der Waals surface area contributed by atoms with Crippen LogP contribution in [0.15, 0.2) is 18.3 Å². The van der Waals surface area contributed by atoms with Crippen LogP contribution in [0.2, 0.25) is 5.02 Å². The van der Waals surface area contributed by atoms with Crippen molar-refractivity contribution < 1.29 is 9.53 Å². The second kappa shape index (κ2) is 7.74. The quantitative estimate of drug-likeness (QED) is 0.876. The van der Waals surface area contributed by atoms with Crippen molar-refractivity contribution in [3.8, 4) is 5.75 Å². The summed E-state index contributed by atoms with van der Waals surface area (Å²) in [5, 5.41) is 12.0. The van der Waals surface area contributed by atoms with Gasteiger partial charge in [-0.25, -0.2) is 0 Å². The number of carbonyl (C=O) groups is 1. The number of nitrogens with zero attached hydrogens (tertiary/aromatic N) is 5. The number of methoxy groups -OCH3 is 1. The SMILES string of the molecule is COc1cc(Cl)c(C)cc1Nc1cnnc(N2CCN(C(C)=O)CC2)n1. The number of rotatable bonds is 4. The van der Waals surface area contributed by atoms with Crippen molar-refractivity contribution in [3.05, 3.63) is 28.9 Å². The van der Waals surface area contributed by atoms with Gasteiger partial charge >= 0.3 is 0 Å². The van der Waals surface area contributed by atoms with E-state index in [2.05, 4.69) is 20.5 Å². The van der Waals surface area contributed by atoms with E-state index in [1.54, 1.807) is 26.3 Å². The Morgan fingerprint density at radius 3 is 2.65 bits per heavy atom. The lowest BCUT2D eigenvalue weighted by atomic mass is 10.2. The summed E-state index contributed by atoms with van der Waals surface area (Å²) in [6.45, 7) is 6.16. The highest BCUT2D eigenvalue weighted by Crippen LogP contribution is 2.32. The molecule has 1 amide bonds. The van der Waals surface area contributed by atoms with Gasteiger partial charge in [-0.2, -0.15) is 10.1 Å². The Morgan fingerprint density at radius 2 is 2.00 bits per heavy atom. The minimum atomic E-state index is 0.0873. The Hall–Kier alpha value is -2.61. The highest BCUT2D eigenvalue weighted by Gasteiger charge is 2.21. The molecule has 0 bridgehead atoms. The van der Waals surface area contributed by atoms with Crippen molar-refractivity contribution in [2.45, 2.75) is 13.8 Å². The van der Waals surface area contributed by atoms with E-state index in [0.717, 1.165) is 11.3 Å². The maximum Gasteiger partial charge on any atom is 0.247 e. The monoisotopic (exact) mass is 376 g/mol. The number of anilines is 3. The fourth-order valence-corrected chi connectivity index (χ4v) is 2.93. The normalized spacial score (nSPS) is 14.3. The van der Waals surface area contributed by atoms with Gasteiger partial charge in [-0.1, -0.05) is 11.6 Å². The lowest BCUT2D eigenvalue weighted by Crippen LogP contribution is -2.48. The number of piperazine rings is 1. The molecule has 0 unspecified atom stereocenters. The molecule has 1 fully saturated rings. The van der Waals surface area contributed by atoms with Crippen LogP contribution >= 0.6 is 11.6 Å². The summed E-state index contributed by atoms with van der Waals surface area (Å²) in [7, 11) is 1.59. The first-order valence-electron chi connectivity index (χ1n) is 8.29. The van der Waals surface area contributed by atoms with Crippen LogP contribution in [0.4, 0.5) is 17.5 Å². The van der Waals surface area contributed by atoms with E-state index >= 15 is 0 Å². The lowest BCUT2D eigenvalue weighted by molar-refractivity contribution is -0.129. The van der Waals surface area contributed by atoms with Crippen molar-refractivity contribution in [1.29, 1.82) is 0 Å². The lowest BCUT2D eigenvalue weighted by Gasteiger charge is -2.33. The predicted octanol–water partition coefficient (Wildman–Crippen LogP) is 2.25. The molecule has 2 aromatic rings. The maximum absolute atomic E-state index is 11.4. The van der Waals surface area contributed by atoms with E-state index in [9.17, 15) is 4.79 Å². The van der Waals surface area contributed by atoms with Gasteiger partial charge in [0.1, 0.15) is 5.75 Å². The molecule has 1 aliphatic heterocycles. The number of hydrogen-bond donors (Lipinski definition) is 1. The summed E-state index contributed by atoms with van der Waals surface area (Å²) in [6.07, 6.45) is 1.55. The summed E-state index contributed by atoms with van der Waals surface area (Å²) >= 11 is 6.15. The van der Waals surface area contributed by atoms with E-state index in [1.165, 1.54) is 0 Å². The number of amides is 1. The van der Waals surface area contributed by atoms with Crippen LogP contribution in [0.1, 0.15) is 12.5 Å². The molecule has 1 N–H and O–H groups in total. The molecule has 1 aliphatic rings. The number of nitrogens with one attached hydrogen (secondary N) is 1. The Balaban J connectivity index is 1.76. The molecule has 9 heteroatoms. The third-order valence-electron chi connectivity index (χ3n) is 4.30. The number of carbonyl (C=O) groups excluding carboxylic acids is 1. The summed E-state index contributed by atoms with van der Waals surface area (Å²) < 4.78 is 5.38. The smallest absolute Gasteiger partial charge is 0.247 e. The molecule has 8 nitrogen and oxygen atoms in total. The highest BCUT2D eigenvalue weighted by molar-refractivity contribution is 6.31. The third-order valence-corrected chi connectivity index (χ3v) is 4.71. The Bertz CT molecular complexity index is 808. The van der Waals surface area contributed by atoms with Crippen molar-refractivity contribution in [2.24, 2.45) is 0 Å². The number of halogens is 1. The van der Waals surface area contributed by atoms with Crippen LogP contribution in [0, 0.1) is 6.92 Å². The van der Waals surface area contributed by atoms with Gasteiger partial charge in [-0.05, 0) is 18.6 Å². The molecule has 3 rings (SSSR count).